The molecule has 1 amide bonds. The summed E-state index contributed by atoms with van der Waals surface area (Å²) >= 11 is 0. The lowest BCUT2D eigenvalue weighted by molar-refractivity contribution is -0.137. The van der Waals surface area contributed by atoms with Crippen molar-refractivity contribution in [3.05, 3.63) is 11.6 Å². The highest BCUT2D eigenvalue weighted by Gasteiger charge is 2.43. The summed E-state index contributed by atoms with van der Waals surface area (Å²) in [6.45, 7) is 4.24. The van der Waals surface area contributed by atoms with Gasteiger partial charge in [-0.15, -0.1) is 0 Å². The third kappa shape index (κ3) is 2.75. The smallest absolute Gasteiger partial charge is 0.378 e. The summed E-state index contributed by atoms with van der Waals surface area (Å²) < 4.78 is 1.62. The molecule has 0 bridgehead atoms. The Balaban J connectivity index is 1.55. The third-order valence-corrected chi connectivity index (χ3v) is 7.29. The molecule has 4 heterocycles. The van der Waals surface area contributed by atoms with Gasteiger partial charge in [0.25, 0.3) is 0 Å². The van der Waals surface area contributed by atoms with Gasteiger partial charge in [-0.3, -0.25) is 9.10 Å². The van der Waals surface area contributed by atoms with Crippen LogP contribution in [-0.4, -0.2) is 67.7 Å². The Bertz CT molecular complexity index is 610. The van der Waals surface area contributed by atoms with Gasteiger partial charge in [-0.25, -0.2) is 14.8 Å². The monoisotopic (exact) mass is 337 g/mol. The fraction of sp³-hybridized carbons (Fsp3) is 0.688. The van der Waals surface area contributed by atoms with Crippen LogP contribution in [0, 0.1) is 0 Å². The van der Waals surface area contributed by atoms with Crippen LogP contribution in [0.15, 0.2) is 11.6 Å². The normalized spacial score (nSPS) is 34.1. The molecule has 3 saturated heterocycles. The Morgan fingerprint density at radius 2 is 1.96 bits per heavy atom. The number of hydrazine groups is 1. The Labute approximate surface area is 138 Å². The van der Waals surface area contributed by atoms with E-state index in [1.807, 2.05) is 0 Å². The van der Waals surface area contributed by atoms with Crippen molar-refractivity contribution in [1.29, 1.82) is 0 Å². The first-order valence-corrected chi connectivity index (χ1v) is 9.66. The Hall–Kier alpha value is -1.18. The highest BCUT2D eigenvalue weighted by molar-refractivity contribution is 8.26. The van der Waals surface area contributed by atoms with Crippen LogP contribution in [0.1, 0.15) is 38.5 Å². The van der Waals surface area contributed by atoms with Crippen LogP contribution in [0.2, 0.25) is 0 Å². The van der Waals surface area contributed by atoms with Crippen LogP contribution in [0.3, 0.4) is 0 Å². The maximum atomic E-state index is 11.8. The van der Waals surface area contributed by atoms with E-state index >= 15 is 0 Å². The van der Waals surface area contributed by atoms with E-state index in [-0.39, 0.29) is 11.9 Å². The van der Waals surface area contributed by atoms with Crippen molar-refractivity contribution in [2.45, 2.75) is 44.6 Å². The lowest BCUT2D eigenvalue weighted by Crippen LogP contribution is -2.52. The molecule has 0 spiro atoms. The van der Waals surface area contributed by atoms with Crippen LogP contribution in [0.4, 0.5) is 4.79 Å². The van der Waals surface area contributed by atoms with Gasteiger partial charge in [-0.05, 0) is 32.1 Å². The van der Waals surface area contributed by atoms with E-state index in [1.165, 1.54) is 18.4 Å². The minimum absolute atomic E-state index is 0.00134. The van der Waals surface area contributed by atoms with E-state index in [0.29, 0.717) is 6.42 Å². The van der Waals surface area contributed by atoms with Crippen LogP contribution in [0.5, 0.6) is 0 Å². The van der Waals surface area contributed by atoms with Gasteiger partial charge in [0.2, 0.25) is 5.91 Å². The quantitative estimate of drug-likeness (QED) is 0.475. The Kier molecular flexibility index (Phi) is 4.03. The largest absolute Gasteiger partial charge is 0.472 e. The predicted octanol–water partition coefficient (Wildman–Crippen LogP) is 2.06. The van der Waals surface area contributed by atoms with Crippen molar-refractivity contribution < 1.29 is 14.7 Å². The SMILES string of the molecule is O=C1CC2CCC(C=C3CCN(N4CCCC4)C3)=S(C(=O)O)N12. The average molecular weight is 337 g/mol. The molecule has 0 radical (unpaired) electrons. The summed E-state index contributed by atoms with van der Waals surface area (Å²) in [6, 6.07) is 0.161. The van der Waals surface area contributed by atoms with Crippen molar-refractivity contribution in [1.82, 2.24) is 14.3 Å². The van der Waals surface area contributed by atoms with Gasteiger partial charge in [0, 0.05) is 48.1 Å². The molecule has 4 aliphatic heterocycles. The van der Waals surface area contributed by atoms with Gasteiger partial charge in [0.05, 0.1) is 6.04 Å². The highest BCUT2D eigenvalue weighted by Crippen LogP contribution is 2.42. The Morgan fingerprint density at radius 3 is 2.65 bits per heavy atom. The van der Waals surface area contributed by atoms with Gasteiger partial charge in [-0.1, -0.05) is 11.6 Å². The number of allylic oxidation sites excluding steroid dienone is 1. The standard InChI is InChI=1S/C16H23N3O3S/c20-15-10-13-3-4-14(23(16(21)22)19(13)15)9-12-5-8-18(11-12)17-6-1-2-7-17/h9,13H,1-8,10-11H2,(H,21,22). The lowest BCUT2D eigenvalue weighted by atomic mass is 9.98. The third-order valence-electron chi connectivity index (χ3n) is 5.25. The predicted molar refractivity (Wildman–Crippen MR) is 90.2 cm³/mol. The van der Waals surface area contributed by atoms with E-state index in [2.05, 4.69) is 16.1 Å². The zero-order valence-corrected chi connectivity index (χ0v) is 14.1. The molecular weight excluding hydrogens is 314 g/mol. The second-order valence-corrected chi connectivity index (χ2v) is 8.57. The number of nitrogens with zero attached hydrogens (tertiary/aromatic N) is 3. The van der Waals surface area contributed by atoms with E-state index in [9.17, 15) is 14.7 Å². The molecule has 2 atom stereocenters. The zero-order valence-electron chi connectivity index (χ0n) is 13.2. The van der Waals surface area contributed by atoms with E-state index in [0.717, 1.165) is 50.3 Å². The summed E-state index contributed by atoms with van der Waals surface area (Å²) in [5.41, 5.74) is 1.32. The molecule has 2 unspecified atom stereocenters. The number of carbonyl (C=O) groups is 2. The maximum absolute atomic E-state index is 11.8. The summed E-state index contributed by atoms with van der Waals surface area (Å²) in [6.07, 6.45) is 7.92. The van der Waals surface area contributed by atoms with Crippen molar-refractivity contribution in [3.63, 3.8) is 0 Å². The van der Waals surface area contributed by atoms with E-state index in [4.69, 9.17) is 0 Å². The molecule has 4 aliphatic rings. The number of amides is 1. The summed E-state index contributed by atoms with van der Waals surface area (Å²) in [7, 11) is -1.05. The molecule has 0 aromatic rings. The minimum atomic E-state index is -1.05. The van der Waals surface area contributed by atoms with Gasteiger partial charge in [0.15, 0.2) is 0 Å². The topological polar surface area (TPSA) is 64.1 Å². The average Bonchev–Trinajstić information content (AvgIpc) is 3.17. The number of carbonyl (C=O) groups excluding carboxylic acids is 1. The minimum Gasteiger partial charge on any atom is -0.472 e. The van der Waals surface area contributed by atoms with Crippen molar-refractivity contribution in [2.75, 3.05) is 26.2 Å². The van der Waals surface area contributed by atoms with Crippen LogP contribution in [-0.2, 0) is 4.79 Å². The fourth-order valence-electron chi connectivity index (χ4n) is 4.03. The van der Waals surface area contributed by atoms with Crippen molar-refractivity contribution in [2.24, 2.45) is 0 Å². The molecule has 0 aromatic carbocycles. The molecular formula is C16H23N3O3S. The van der Waals surface area contributed by atoms with Crippen LogP contribution in [0.25, 0.3) is 0 Å². The number of rotatable bonds is 2. The highest BCUT2D eigenvalue weighted by atomic mass is 32.2. The van der Waals surface area contributed by atoms with E-state index in [1.54, 1.807) is 4.31 Å². The molecule has 126 valence electrons. The first-order valence-electron chi connectivity index (χ1n) is 8.48. The van der Waals surface area contributed by atoms with Crippen LogP contribution < -0.4 is 0 Å². The van der Waals surface area contributed by atoms with Gasteiger partial charge < -0.3 is 5.11 Å². The molecule has 0 aliphatic carbocycles. The van der Waals surface area contributed by atoms with Crippen molar-refractivity contribution in [3.8, 4) is 0 Å². The number of β-lactam (4-membered cyclic amide) rings is 1. The first kappa shape index (κ1) is 15.4. The molecule has 0 aromatic heterocycles. The molecule has 7 heteroatoms. The second kappa shape index (κ2) is 6.03. The molecule has 6 nitrogen and oxygen atoms in total. The number of hydrogen-bond acceptors (Lipinski definition) is 4. The fourth-order valence-corrected chi connectivity index (χ4v) is 6.02. The Morgan fingerprint density at radius 1 is 1.17 bits per heavy atom. The first-order chi connectivity index (χ1) is 11.1. The molecule has 0 saturated carbocycles. The number of hydrogen-bond donors (Lipinski definition) is 1. The molecule has 23 heavy (non-hydrogen) atoms. The lowest BCUT2D eigenvalue weighted by Gasteiger charge is -2.44. The van der Waals surface area contributed by atoms with Crippen molar-refractivity contribution >= 4 is 26.7 Å². The molecule has 4 rings (SSSR count). The van der Waals surface area contributed by atoms with Gasteiger partial charge in [-0.2, -0.15) is 0 Å². The van der Waals surface area contributed by atoms with Crippen LogP contribution >= 0.6 is 10.7 Å². The number of fused-ring (bicyclic) bond motifs is 1. The summed E-state index contributed by atoms with van der Waals surface area (Å²) in [5.74, 6) is 0.00134. The summed E-state index contributed by atoms with van der Waals surface area (Å²) in [4.78, 5) is 24.5. The van der Waals surface area contributed by atoms with E-state index < -0.39 is 16.0 Å². The van der Waals surface area contributed by atoms with Gasteiger partial charge in [0.1, 0.15) is 0 Å². The van der Waals surface area contributed by atoms with Gasteiger partial charge >= 0.3 is 5.30 Å². The number of carboxylic acid groups (broad SMARTS) is 1. The zero-order chi connectivity index (χ0) is 16.0. The maximum Gasteiger partial charge on any atom is 0.378 e. The molecule has 3 fully saturated rings. The second-order valence-electron chi connectivity index (χ2n) is 6.73. The summed E-state index contributed by atoms with van der Waals surface area (Å²) in [5, 5.41) is 13.6. The molecule has 1 N–H and O–H groups in total.